The molecule has 21 heteroatoms. The van der Waals surface area contributed by atoms with E-state index in [1.807, 2.05) is 6.92 Å². The molecular formula is C50H78F6N2O12Si. The second-order valence-corrected chi connectivity index (χ2v) is 25.4. The van der Waals surface area contributed by atoms with Crippen LogP contribution in [0.1, 0.15) is 113 Å². The zero-order chi connectivity index (χ0) is 54.5. The highest BCUT2D eigenvalue weighted by molar-refractivity contribution is 6.74. The number of Topliss-reactive ketones (excluding diaryl/α,β-unsaturated/α-hetero) is 2. The SMILES string of the molecule is C[C@@H](COCCC[C@@](OCc1ccccc1)(C(=O)CNC(=O)OC(C)(C)C)C(F)(F)F)O[Si](C)(C)C(C)(C)C.C[C@H](O)COCCC[C@@](OCc1ccccc1)(C(=O)CNC(=O)OC(C)(C)C)C(F)(F)F. The Kier molecular flexibility index (Phi) is 25.9. The minimum absolute atomic E-state index is 0.0113. The molecule has 0 aliphatic heterocycles. The van der Waals surface area contributed by atoms with Gasteiger partial charge in [0.2, 0.25) is 11.2 Å². The first kappa shape index (κ1) is 64.9. The van der Waals surface area contributed by atoms with E-state index >= 15 is 0 Å². The largest absolute Gasteiger partial charge is 0.444 e. The van der Waals surface area contributed by atoms with E-state index in [2.05, 4.69) is 44.5 Å². The molecule has 0 bridgehead atoms. The molecule has 2 aromatic rings. The Morgan fingerprint density at radius 3 is 1.25 bits per heavy atom. The second-order valence-electron chi connectivity index (χ2n) is 20.7. The van der Waals surface area contributed by atoms with Crippen molar-refractivity contribution in [2.45, 2.75) is 180 Å². The normalized spacial score (nSPS) is 15.2. The minimum Gasteiger partial charge on any atom is -0.444 e. The molecule has 0 unspecified atom stereocenters. The summed E-state index contributed by atoms with van der Waals surface area (Å²) >= 11 is 0. The first-order valence-corrected chi connectivity index (χ1v) is 26.4. The van der Waals surface area contributed by atoms with Gasteiger partial charge in [-0.15, -0.1) is 0 Å². The Labute approximate surface area is 416 Å². The third-order valence-electron chi connectivity index (χ3n) is 10.7. The van der Waals surface area contributed by atoms with Gasteiger partial charge in [0.15, 0.2) is 19.9 Å². The molecule has 0 saturated carbocycles. The van der Waals surface area contributed by atoms with E-state index in [0.29, 0.717) is 11.1 Å². The topological polar surface area (TPSA) is 177 Å². The van der Waals surface area contributed by atoms with Crippen LogP contribution < -0.4 is 10.6 Å². The molecular weight excluding hydrogens is 963 g/mol. The molecule has 0 aliphatic carbocycles. The van der Waals surface area contributed by atoms with E-state index < -0.39 is 112 Å². The van der Waals surface area contributed by atoms with Crippen molar-refractivity contribution in [3.63, 3.8) is 0 Å². The monoisotopic (exact) mass is 1040 g/mol. The fraction of sp³-hybridized carbons (Fsp3) is 0.680. The lowest BCUT2D eigenvalue weighted by atomic mass is 9.91. The van der Waals surface area contributed by atoms with E-state index in [1.54, 1.807) is 102 Å². The number of aliphatic hydroxyl groups is 1. The first-order valence-electron chi connectivity index (χ1n) is 23.5. The van der Waals surface area contributed by atoms with E-state index in [4.69, 9.17) is 32.8 Å². The van der Waals surface area contributed by atoms with Crippen molar-refractivity contribution in [3.8, 4) is 0 Å². The van der Waals surface area contributed by atoms with E-state index in [0.717, 1.165) is 0 Å². The number of carbonyl (C=O) groups is 4. The molecule has 2 rings (SSSR count). The smallest absolute Gasteiger partial charge is 0.424 e. The maximum Gasteiger partial charge on any atom is 0.424 e. The Bertz CT molecular complexity index is 1900. The number of nitrogens with one attached hydrogen (secondary N) is 2. The lowest BCUT2D eigenvalue weighted by Gasteiger charge is -2.38. The maximum atomic E-state index is 14.5. The van der Waals surface area contributed by atoms with Crippen molar-refractivity contribution in [3.05, 3.63) is 71.8 Å². The van der Waals surface area contributed by atoms with Crippen molar-refractivity contribution in [1.82, 2.24) is 10.6 Å². The van der Waals surface area contributed by atoms with E-state index in [1.165, 1.54) is 6.92 Å². The molecule has 406 valence electrons. The van der Waals surface area contributed by atoms with E-state index in [-0.39, 0.29) is 50.4 Å². The number of hydrogen-bond donors (Lipinski definition) is 3. The number of alkyl carbamates (subject to hydrolysis) is 2. The minimum atomic E-state index is -5.04. The van der Waals surface area contributed by atoms with Gasteiger partial charge in [0.1, 0.15) is 11.2 Å². The molecule has 4 atom stereocenters. The van der Waals surface area contributed by atoms with Crippen LogP contribution in [0.15, 0.2) is 60.7 Å². The molecule has 0 radical (unpaired) electrons. The summed E-state index contributed by atoms with van der Waals surface area (Å²) in [6.45, 7) is 20.9. The number of amides is 2. The lowest BCUT2D eigenvalue weighted by Crippen LogP contribution is -2.57. The number of ketones is 2. The molecule has 14 nitrogen and oxygen atoms in total. The second kappa shape index (κ2) is 28.4. The highest BCUT2D eigenvalue weighted by Crippen LogP contribution is 2.41. The van der Waals surface area contributed by atoms with Gasteiger partial charge < -0.3 is 48.6 Å². The van der Waals surface area contributed by atoms with Crippen LogP contribution in [0.4, 0.5) is 35.9 Å². The summed E-state index contributed by atoms with van der Waals surface area (Å²) in [4.78, 5) is 49.7. The molecule has 71 heavy (non-hydrogen) atoms. The van der Waals surface area contributed by atoms with Gasteiger partial charge in [-0.25, -0.2) is 9.59 Å². The van der Waals surface area contributed by atoms with E-state index in [9.17, 15) is 50.6 Å². The Hall–Kier alpha value is -4.12. The van der Waals surface area contributed by atoms with Gasteiger partial charge in [-0.05, 0) is 110 Å². The van der Waals surface area contributed by atoms with Crippen LogP contribution in [-0.4, -0.2) is 124 Å². The van der Waals surface area contributed by atoms with Crippen LogP contribution in [0, 0.1) is 0 Å². The van der Waals surface area contributed by atoms with Crippen LogP contribution in [0.2, 0.25) is 18.1 Å². The van der Waals surface area contributed by atoms with Gasteiger partial charge in [0.05, 0.1) is 51.7 Å². The molecule has 0 aliphatic rings. The molecule has 0 spiro atoms. The quantitative estimate of drug-likeness (QED) is 0.0462. The number of benzene rings is 2. The average Bonchev–Trinajstić information content (AvgIpc) is 3.22. The van der Waals surface area contributed by atoms with Gasteiger partial charge in [-0.3, -0.25) is 9.59 Å². The van der Waals surface area contributed by atoms with Crippen molar-refractivity contribution in [1.29, 1.82) is 0 Å². The van der Waals surface area contributed by atoms with Crippen LogP contribution in [0.3, 0.4) is 0 Å². The van der Waals surface area contributed by atoms with Gasteiger partial charge in [0, 0.05) is 13.2 Å². The summed E-state index contributed by atoms with van der Waals surface area (Å²) in [7, 11) is -2.02. The summed E-state index contributed by atoms with van der Waals surface area (Å²) in [6, 6.07) is 16.4. The van der Waals surface area contributed by atoms with Crippen molar-refractivity contribution in [2.75, 3.05) is 39.5 Å². The van der Waals surface area contributed by atoms with Crippen molar-refractivity contribution < 1.29 is 83.5 Å². The molecule has 0 aromatic heterocycles. The summed E-state index contributed by atoms with van der Waals surface area (Å²) in [5.74, 6) is -2.66. The number of aliphatic hydroxyl groups excluding tert-OH is 1. The number of ether oxygens (including phenoxy) is 6. The zero-order valence-electron chi connectivity index (χ0n) is 43.6. The average molecular weight is 1040 g/mol. The highest BCUT2D eigenvalue weighted by atomic mass is 28.4. The third-order valence-corrected chi connectivity index (χ3v) is 15.3. The molecule has 0 saturated heterocycles. The zero-order valence-corrected chi connectivity index (χ0v) is 44.6. The Morgan fingerprint density at radius 1 is 0.592 bits per heavy atom. The van der Waals surface area contributed by atoms with Crippen molar-refractivity contribution >= 4 is 32.1 Å². The summed E-state index contributed by atoms with van der Waals surface area (Å²) < 4.78 is 124. The van der Waals surface area contributed by atoms with Crippen molar-refractivity contribution in [2.24, 2.45) is 0 Å². The first-order chi connectivity index (χ1) is 32.5. The predicted molar refractivity (Wildman–Crippen MR) is 258 cm³/mol. The van der Waals surface area contributed by atoms with Gasteiger partial charge in [-0.1, -0.05) is 81.4 Å². The summed E-state index contributed by atoms with van der Waals surface area (Å²) in [5.41, 5.74) is -7.09. The fourth-order valence-electron chi connectivity index (χ4n) is 6.19. The molecule has 2 amide bonds. The molecule has 0 heterocycles. The number of hydrogen-bond acceptors (Lipinski definition) is 12. The summed E-state index contributed by atoms with van der Waals surface area (Å²) in [6.07, 6.45) is -14.7. The molecule has 3 N–H and O–H groups in total. The standard InChI is InChI=1S/C28H46F3NO6Si.C22H32F3NO6/c1-21(38-39(8,9)26(5,6)7)19-35-17-13-16-27(28(29,30)31,36-20-22-14-11-10-12-15-22)23(33)18-32-24(34)37-25(2,3)4;1-16(27)14-30-12-8-11-21(22(23,24)25,31-15-17-9-6-5-7-10-17)18(28)13-26-19(29)32-20(2,3)4/h10-12,14-15,21H,13,16-20H2,1-9H3,(H,32,34);5-7,9-10,16,27H,8,11-15H2,1-4H3,(H,26,29)/t21-,27+;16-,21+/m00/s1. The van der Waals surface area contributed by atoms with Gasteiger partial charge >= 0.3 is 24.5 Å². The maximum absolute atomic E-state index is 14.5. The van der Waals surface area contributed by atoms with Crippen LogP contribution in [0.5, 0.6) is 0 Å². The highest BCUT2D eigenvalue weighted by Gasteiger charge is 2.62. The van der Waals surface area contributed by atoms with Crippen LogP contribution >= 0.6 is 0 Å². The lowest BCUT2D eigenvalue weighted by molar-refractivity contribution is -0.272. The van der Waals surface area contributed by atoms with Crippen LogP contribution in [-0.2, 0) is 55.7 Å². The molecule has 0 fully saturated rings. The number of rotatable bonds is 26. The Balaban J connectivity index is 0.000000724. The number of alkyl halides is 6. The van der Waals surface area contributed by atoms with Crippen LogP contribution in [0.25, 0.3) is 0 Å². The number of carbonyl (C=O) groups excluding carboxylic acids is 4. The third kappa shape index (κ3) is 24.0. The number of halogens is 6. The Morgan fingerprint density at radius 2 is 0.944 bits per heavy atom. The predicted octanol–water partition coefficient (Wildman–Crippen LogP) is 10.6. The van der Waals surface area contributed by atoms with Gasteiger partial charge in [-0.2, -0.15) is 26.3 Å². The molecule has 2 aromatic carbocycles. The fourth-order valence-corrected chi connectivity index (χ4v) is 7.62. The van der Waals surface area contributed by atoms with Gasteiger partial charge in [0.25, 0.3) is 0 Å². The summed E-state index contributed by atoms with van der Waals surface area (Å²) in [5, 5.41) is 13.4.